The van der Waals surface area contributed by atoms with Crippen molar-refractivity contribution in [1.29, 1.82) is 0 Å². The van der Waals surface area contributed by atoms with Gasteiger partial charge in [0.05, 0.1) is 0 Å². The van der Waals surface area contributed by atoms with Crippen LogP contribution in [0.4, 0.5) is 0 Å². The van der Waals surface area contributed by atoms with Gasteiger partial charge in [-0.1, -0.05) is 63.1 Å². The van der Waals surface area contributed by atoms with Crippen LogP contribution in [-0.4, -0.2) is 31.3 Å². The molecule has 1 rings (SSSR count). The molecule has 0 heterocycles. The molecule has 0 fully saturated rings. The highest BCUT2D eigenvalue weighted by Gasteiger charge is 2.31. The minimum Gasteiger partial charge on any atom is -0.308 e. The third-order valence-electron chi connectivity index (χ3n) is 3.57. The summed E-state index contributed by atoms with van der Waals surface area (Å²) in [6.45, 7) is 5.05. The van der Waals surface area contributed by atoms with E-state index in [9.17, 15) is 4.79 Å². The number of unbranched alkanes of at least 4 members (excludes halogenated alkanes) is 1. The maximum Gasteiger partial charge on any atom is 0.162 e. The molecule has 0 bridgehead atoms. The van der Waals surface area contributed by atoms with Crippen LogP contribution in [0.25, 0.3) is 6.08 Å². The molecule has 0 radical (unpaired) electrons. The van der Waals surface area contributed by atoms with Gasteiger partial charge in [-0.2, -0.15) is 0 Å². The van der Waals surface area contributed by atoms with Gasteiger partial charge in [0, 0.05) is 12.0 Å². The van der Waals surface area contributed by atoms with Crippen molar-refractivity contribution in [1.82, 2.24) is 4.90 Å². The van der Waals surface area contributed by atoms with Crippen molar-refractivity contribution in [2.45, 2.75) is 33.1 Å². The quantitative estimate of drug-likeness (QED) is 0.667. The lowest BCUT2D eigenvalue weighted by Gasteiger charge is -2.30. The monoisotopic (exact) mass is 273 g/mol. The molecule has 2 nitrogen and oxygen atoms in total. The zero-order valence-electron chi connectivity index (χ0n) is 13.2. The molecule has 1 aromatic rings. The van der Waals surface area contributed by atoms with Crippen molar-refractivity contribution in [3.05, 3.63) is 42.0 Å². The van der Waals surface area contributed by atoms with E-state index in [1.54, 1.807) is 6.08 Å². The molecule has 2 heteroatoms. The molecule has 0 aliphatic rings. The van der Waals surface area contributed by atoms with Gasteiger partial charge < -0.3 is 4.90 Å². The zero-order chi connectivity index (χ0) is 15.0. The Kier molecular flexibility index (Phi) is 6.66. The topological polar surface area (TPSA) is 20.3 Å². The molecule has 0 spiro atoms. The minimum absolute atomic E-state index is 0.225. The molecule has 0 aromatic heterocycles. The van der Waals surface area contributed by atoms with Crippen molar-refractivity contribution in [3.8, 4) is 0 Å². The molecule has 1 unspecified atom stereocenters. The second-order valence-electron chi connectivity index (χ2n) is 6.01. The lowest BCUT2D eigenvalue weighted by atomic mass is 9.80. The zero-order valence-corrected chi connectivity index (χ0v) is 13.2. The first-order chi connectivity index (χ1) is 9.48. The molecule has 20 heavy (non-hydrogen) atoms. The van der Waals surface area contributed by atoms with Crippen LogP contribution in [-0.2, 0) is 4.79 Å². The van der Waals surface area contributed by atoms with Gasteiger partial charge in [-0.15, -0.1) is 0 Å². The molecule has 110 valence electrons. The fourth-order valence-electron chi connectivity index (χ4n) is 2.48. The van der Waals surface area contributed by atoms with E-state index in [1.165, 1.54) is 0 Å². The maximum absolute atomic E-state index is 12.6. The Hall–Kier alpha value is -1.41. The van der Waals surface area contributed by atoms with Crippen LogP contribution in [0.15, 0.2) is 36.4 Å². The molecule has 0 amide bonds. The highest BCUT2D eigenvalue weighted by molar-refractivity contribution is 5.98. The first-order valence-electron chi connectivity index (χ1n) is 7.40. The van der Waals surface area contributed by atoms with Crippen molar-refractivity contribution in [2.75, 3.05) is 20.6 Å². The van der Waals surface area contributed by atoms with Crippen molar-refractivity contribution < 1.29 is 4.79 Å². The van der Waals surface area contributed by atoms with E-state index in [1.807, 2.05) is 50.5 Å². The van der Waals surface area contributed by atoms with Crippen LogP contribution in [0.5, 0.6) is 0 Å². The van der Waals surface area contributed by atoms with Gasteiger partial charge in [0.2, 0.25) is 0 Å². The molecule has 0 saturated carbocycles. The highest BCUT2D eigenvalue weighted by Crippen LogP contribution is 2.27. The Morgan fingerprint density at radius 2 is 1.90 bits per heavy atom. The van der Waals surface area contributed by atoms with Gasteiger partial charge in [-0.3, -0.25) is 4.79 Å². The van der Waals surface area contributed by atoms with E-state index in [2.05, 4.69) is 18.7 Å². The van der Waals surface area contributed by atoms with E-state index in [4.69, 9.17) is 0 Å². The number of allylic oxidation sites excluding steroid dienone is 1. The Labute approximate surface area is 123 Å². The largest absolute Gasteiger partial charge is 0.308 e. The number of hydrogen-bond donors (Lipinski definition) is 0. The molecule has 0 N–H and O–H groups in total. The lowest BCUT2D eigenvalue weighted by Crippen LogP contribution is -2.37. The summed E-state index contributed by atoms with van der Waals surface area (Å²) in [4.78, 5) is 14.7. The Balaban J connectivity index is 2.79. The minimum atomic E-state index is -0.287. The van der Waals surface area contributed by atoms with Gasteiger partial charge in [0.25, 0.3) is 0 Å². The average Bonchev–Trinajstić information content (AvgIpc) is 2.43. The van der Waals surface area contributed by atoms with Gasteiger partial charge in [0.15, 0.2) is 5.78 Å². The predicted octanol–water partition coefficient (Wildman–Crippen LogP) is 4.03. The summed E-state index contributed by atoms with van der Waals surface area (Å²) in [5.74, 6) is 0.225. The van der Waals surface area contributed by atoms with Gasteiger partial charge in [-0.25, -0.2) is 0 Å². The number of rotatable bonds is 8. The smallest absolute Gasteiger partial charge is 0.162 e. The van der Waals surface area contributed by atoms with Crippen LogP contribution in [0.2, 0.25) is 0 Å². The normalized spacial score (nSPS) is 14.7. The average molecular weight is 273 g/mol. The van der Waals surface area contributed by atoms with Crippen LogP contribution >= 0.6 is 0 Å². The summed E-state index contributed by atoms with van der Waals surface area (Å²) in [5.41, 5.74) is 0.786. The number of nitrogens with zero attached hydrogens (tertiary/aromatic N) is 1. The maximum atomic E-state index is 12.6. The van der Waals surface area contributed by atoms with Crippen molar-refractivity contribution >= 4 is 11.9 Å². The first-order valence-corrected chi connectivity index (χ1v) is 7.40. The molecular weight excluding hydrogens is 246 g/mol. The summed E-state index contributed by atoms with van der Waals surface area (Å²) >= 11 is 0. The first kappa shape index (κ1) is 16.6. The fourth-order valence-corrected chi connectivity index (χ4v) is 2.48. The Morgan fingerprint density at radius 1 is 1.25 bits per heavy atom. The number of carbonyl (C=O) groups is 1. The second kappa shape index (κ2) is 8.01. The van der Waals surface area contributed by atoms with Gasteiger partial charge >= 0.3 is 0 Å². The summed E-state index contributed by atoms with van der Waals surface area (Å²) in [6.07, 6.45) is 6.82. The van der Waals surface area contributed by atoms with Crippen molar-refractivity contribution in [3.63, 3.8) is 0 Å². The highest BCUT2D eigenvalue weighted by atomic mass is 16.1. The number of ketones is 1. The second-order valence-corrected chi connectivity index (χ2v) is 6.01. The number of carbonyl (C=O) groups excluding carboxylic acids is 1. The summed E-state index contributed by atoms with van der Waals surface area (Å²) in [6, 6.07) is 9.98. The van der Waals surface area contributed by atoms with Crippen LogP contribution in [0.1, 0.15) is 38.7 Å². The van der Waals surface area contributed by atoms with E-state index in [0.717, 1.165) is 31.4 Å². The van der Waals surface area contributed by atoms with E-state index < -0.39 is 0 Å². The van der Waals surface area contributed by atoms with Crippen LogP contribution < -0.4 is 0 Å². The van der Waals surface area contributed by atoms with Gasteiger partial charge in [-0.05, 0) is 32.2 Å². The molecule has 0 aliphatic carbocycles. The molecular formula is C18H27NO. The summed E-state index contributed by atoms with van der Waals surface area (Å²) in [7, 11) is 4.05. The molecule has 1 atom stereocenters. The SMILES string of the molecule is CCCCC(C)(CN(C)C)C(=O)C=Cc1ccccc1. The van der Waals surface area contributed by atoms with Gasteiger partial charge in [0.1, 0.15) is 0 Å². The van der Waals surface area contributed by atoms with E-state index >= 15 is 0 Å². The van der Waals surface area contributed by atoms with Crippen LogP contribution in [0, 0.1) is 5.41 Å². The third kappa shape index (κ3) is 5.30. The molecule has 0 saturated heterocycles. The van der Waals surface area contributed by atoms with Crippen molar-refractivity contribution in [2.24, 2.45) is 5.41 Å². The standard InChI is InChI=1S/C18H27NO/c1-5-6-14-18(2,15-19(3)4)17(20)13-12-16-10-8-7-9-11-16/h7-13H,5-6,14-15H2,1-4H3. The number of hydrogen-bond acceptors (Lipinski definition) is 2. The third-order valence-corrected chi connectivity index (χ3v) is 3.57. The summed E-state index contributed by atoms with van der Waals surface area (Å²) < 4.78 is 0. The number of benzene rings is 1. The Morgan fingerprint density at radius 3 is 2.45 bits per heavy atom. The fraction of sp³-hybridized carbons (Fsp3) is 0.500. The lowest BCUT2D eigenvalue weighted by molar-refractivity contribution is -0.124. The van der Waals surface area contributed by atoms with E-state index in [0.29, 0.717) is 0 Å². The van der Waals surface area contributed by atoms with E-state index in [-0.39, 0.29) is 11.2 Å². The molecule has 1 aromatic carbocycles. The summed E-state index contributed by atoms with van der Waals surface area (Å²) in [5, 5.41) is 0. The molecule has 0 aliphatic heterocycles. The Bertz CT molecular complexity index is 436. The van der Waals surface area contributed by atoms with Crippen LogP contribution in [0.3, 0.4) is 0 Å². The predicted molar refractivity (Wildman–Crippen MR) is 86.7 cm³/mol.